The van der Waals surface area contributed by atoms with Crippen molar-refractivity contribution in [2.45, 2.75) is 39.0 Å². The van der Waals surface area contributed by atoms with Crippen molar-refractivity contribution in [3.05, 3.63) is 0 Å². The summed E-state index contributed by atoms with van der Waals surface area (Å²) in [6, 6.07) is 0. The van der Waals surface area contributed by atoms with E-state index >= 15 is 0 Å². The van der Waals surface area contributed by atoms with Crippen molar-refractivity contribution in [1.29, 1.82) is 0 Å². The smallest absolute Gasteiger partial charge is 0.190 e. The van der Waals surface area contributed by atoms with Crippen LogP contribution in [0.3, 0.4) is 0 Å². The van der Waals surface area contributed by atoms with Crippen molar-refractivity contribution in [3.8, 4) is 0 Å². The number of aliphatic imine (C=N–C) groups is 1. The molecular weight excluding hydrogens is 407 g/mol. The molecule has 0 aromatic heterocycles. The minimum absolute atomic E-state index is 0. The largest absolute Gasteiger partial charge is 0.356 e. The Bertz CT molecular complexity index is 281. The fourth-order valence-electron chi connectivity index (χ4n) is 2.78. The van der Waals surface area contributed by atoms with Gasteiger partial charge < -0.3 is 15.5 Å². The van der Waals surface area contributed by atoms with Crippen LogP contribution in [0.5, 0.6) is 0 Å². The molecule has 0 atom stereocenters. The molecule has 1 aliphatic rings. The van der Waals surface area contributed by atoms with Gasteiger partial charge in [0.25, 0.3) is 0 Å². The first-order chi connectivity index (χ1) is 10.3. The topological polar surface area (TPSA) is 39.7 Å². The molecule has 1 fully saturated rings. The highest BCUT2D eigenvalue weighted by atomic mass is 127. The molecule has 22 heavy (non-hydrogen) atoms. The number of thioether (sulfide) groups is 1. The molecule has 1 rings (SSSR count). The molecule has 0 aliphatic carbocycles. The number of guanidine groups is 1. The van der Waals surface area contributed by atoms with Crippen LogP contribution in [0.4, 0.5) is 0 Å². The third-order valence-corrected chi connectivity index (χ3v) is 4.99. The van der Waals surface area contributed by atoms with E-state index in [1.165, 1.54) is 57.5 Å². The normalized spacial score (nSPS) is 17.1. The van der Waals surface area contributed by atoms with Crippen LogP contribution < -0.4 is 10.6 Å². The lowest BCUT2D eigenvalue weighted by atomic mass is 9.93. The Balaban J connectivity index is 0.00000441. The van der Waals surface area contributed by atoms with Crippen molar-refractivity contribution in [2.24, 2.45) is 10.9 Å². The van der Waals surface area contributed by atoms with Gasteiger partial charge in [-0.15, -0.1) is 24.0 Å². The lowest BCUT2D eigenvalue weighted by Crippen LogP contribution is -2.39. The van der Waals surface area contributed by atoms with E-state index in [-0.39, 0.29) is 24.0 Å². The number of nitrogens with zero attached hydrogens (tertiary/aromatic N) is 2. The van der Waals surface area contributed by atoms with E-state index in [9.17, 15) is 0 Å². The lowest BCUT2D eigenvalue weighted by molar-refractivity contribution is 0.187. The summed E-state index contributed by atoms with van der Waals surface area (Å²) in [5.74, 6) is 3.11. The van der Waals surface area contributed by atoms with Gasteiger partial charge in [-0.2, -0.15) is 11.8 Å². The molecule has 132 valence electrons. The van der Waals surface area contributed by atoms with Gasteiger partial charge in [0, 0.05) is 20.1 Å². The second-order valence-corrected chi connectivity index (χ2v) is 6.78. The summed E-state index contributed by atoms with van der Waals surface area (Å²) in [5.41, 5.74) is 0. The molecule has 0 unspecified atom stereocenters. The molecule has 4 nitrogen and oxygen atoms in total. The third-order valence-electron chi connectivity index (χ3n) is 4.29. The van der Waals surface area contributed by atoms with E-state index in [0.29, 0.717) is 0 Å². The summed E-state index contributed by atoms with van der Waals surface area (Å²) in [6.45, 7) is 8.10. The Morgan fingerprint density at radius 1 is 1.18 bits per heavy atom. The third kappa shape index (κ3) is 10.2. The molecule has 0 radical (unpaired) electrons. The number of hydrogen-bond acceptors (Lipinski definition) is 3. The number of hydrogen-bond donors (Lipinski definition) is 2. The molecule has 1 saturated heterocycles. The number of nitrogens with one attached hydrogen (secondary N) is 2. The maximum absolute atomic E-state index is 4.29. The van der Waals surface area contributed by atoms with Gasteiger partial charge in [-0.1, -0.05) is 6.92 Å². The highest BCUT2D eigenvalue weighted by Crippen LogP contribution is 2.19. The summed E-state index contributed by atoms with van der Waals surface area (Å²) in [6.07, 6.45) is 8.65. The molecule has 0 spiro atoms. The van der Waals surface area contributed by atoms with Crippen molar-refractivity contribution >= 4 is 41.7 Å². The summed E-state index contributed by atoms with van der Waals surface area (Å²) in [5, 5.41) is 6.86. The van der Waals surface area contributed by atoms with E-state index in [1.54, 1.807) is 0 Å². The van der Waals surface area contributed by atoms with Crippen LogP contribution in [0.15, 0.2) is 4.99 Å². The van der Waals surface area contributed by atoms with Gasteiger partial charge in [-0.3, -0.25) is 4.99 Å². The number of rotatable bonds is 9. The molecule has 0 saturated carbocycles. The predicted molar refractivity (Wildman–Crippen MR) is 112 cm³/mol. The lowest BCUT2D eigenvalue weighted by Gasteiger charge is -2.31. The fraction of sp³-hybridized carbons (Fsp3) is 0.938. The van der Waals surface area contributed by atoms with Crippen LogP contribution in [-0.4, -0.2) is 62.6 Å². The number of likely N-dealkylation sites (tertiary alicyclic amines) is 1. The highest BCUT2D eigenvalue weighted by molar-refractivity contribution is 14.0. The second-order valence-electron chi connectivity index (χ2n) is 5.79. The molecular formula is C16H35IN4S. The van der Waals surface area contributed by atoms with E-state index in [0.717, 1.165) is 25.0 Å². The van der Waals surface area contributed by atoms with Crippen LogP contribution >= 0.6 is 35.7 Å². The first-order valence-corrected chi connectivity index (χ1v) is 9.85. The fourth-order valence-corrected chi connectivity index (χ4v) is 3.28. The number of halogens is 1. The zero-order valence-corrected chi connectivity index (χ0v) is 17.7. The average Bonchev–Trinajstić information content (AvgIpc) is 2.53. The van der Waals surface area contributed by atoms with Gasteiger partial charge in [0.1, 0.15) is 0 Å². The molecule has 0 aromatic rings. The van der Waals surface area contributed by atoms with Gasteiger partial charge in [0.15, 0.2) is 5.96 Å². The Morgan fingerprint density at radius 2 is 1.86 bits per heavy atom. The van der Waals surface area contributed by atoms with Gasteiger partial charge >= 0.3 is 0 Å². The minimum Gasteiger partial charge on any atom is -0.356 e. The van der Waals surface area contributed by atoms with E-state index < -0.39 is 0 Å². The molecule has 0 amide bonds. The summed E-state index contributed by atoms with van der Waals surface area (Å²) in [7, 11) is 1.86. The van der Waals surface area contributed by atoms with Crippen molar-refractivity contribution < 1.29 is 0 Å². The van der Waals surface area contributed by atoms with E-state index in [2.05, 4.69) is 33.7 Å². The molecule has 0 aromatic carbocycles. The molecule has 6 heteroatoms. The first-order valence-electron chi connectivity index (χ1n) is 8.46. The molecule has 2 N–H and O–H groups in total. The zero-order chi connectivity index (χ0) is 15.3. The maximum Gasteiger partial charge on any atom is 0.190 e. The van der Waals surface area contributed by atoms with Gasteiger partial charge in [-0.25, -0.2) is 0 Å². The van der Waals surface area contributed by atoms with Crippen molar-refractivity contribution in [2.75, 3.05) is 51.8 Å². The second kappa shape index (κ2) is 14.9. The average molecular weight is 442 g/mol. The van der Waals surface area contributed by atoms with Crippen LogP contribution in [-0.2, 0) is 0 Å². The van der Waals surface area contributed by atoms with Crippen LogP contribution in [0.1, 0.15) is 39.0 Å². The van der Waals surface area contributed by atoms with Gasteiger partial charge in [-0.05, 0) is 69.7 Å². The first kappa shape index (κ1) is 22.3. The Kier molecular flexibility index (Phi) is 15.1. The zero-order valence-electron chi connectivity index (χ0n) is 14.6. The monoisotopic (exact) mass is 442 g/mol. The Hall–Kier alpha value is 0.310. The van der Waals surface area contributed by atoms with E-state index in [4.69, 9.17) is 0 Å². The van der Waals surface area contributed by atoms with Crippen LogP contribution in [0, 0.1) is 5.92 Å². The van der Waals surface area contributed by atoms with Gasteiger partial charge in [0.2, 0.25) is 0 Å². The van der Waals surface area contributed by atoms with Crippen molar-refractivity contribution in [3.63, 3.8) is 0 Å². The number of piperidine rings is 1. The minimum atomic E-state index is 0. The Labute approximate surface area is 158 Å². The predicted octanol–water partition coefficient (Wildman–Crippen LogP) is 3.03. The quantitative estimate of drug-likeness (QED) is 0.249. The maximum atomic E-state index is 4.29. The van der Waals surface area contributed by atoms with Crippen LogP contribution in [0.2, 0.25) is 0 Å². The standard InChI is InChI=1S/C16H34N4S.HI/c1-4-20-12-8-15(9-13-20)7-11-19-16(17-2)18-10-5-6-14-21-3;/h15H,4-14H2,1-3H3,(H2,17,18,19);1H. The molecule has 1 aliphatic heterocycles. The molecule has 1 heterocycles. The van der Waals surface area contributed by atoms with Gasteiger partial charge in [0.05, 0.1) is 0 Å². The molecule has 0 bridgehead atoms. The summed E-state index contributed by atoms with van der Waals surface area (Å²) < 4.78 is 0. The van der Waals surface area contributed by atoms with Crippen molar-refractivity contribution in [1.82, 2.24) is 15.5 Å². The van der Waals surface area contributed by atoms with E-state index in [1.807, 2.05) is 18.8 Å². The SMILES string of the molecule is CCN1CCC(CCNC(=NC)NCCCCSC)CC1.I. The Morgan fingerprint density at radius 3 is 2.45 bits per heavy atom. The van der Waals surface area contributed by atoms with Crippen LogP contribution in [0.25, 0.3) is 0 Å². The summed E-state index contributed by atoms with van der Waals surface area (Å²) in [4.78, 5) is 6.85. The highest BCUT2D eigenvalue weighted by Gasteiger charge is 2.17. The number of unbranched alkanes of at least 4 members (excludes halogenated alkanes) is 1. The summed E-state index contributed by atoms with van der Waals surface area (Å²) >= 11 is 1.92.